The maximum Gasteiger partial charge on any atom is 0.213 e. The largest absolute Gasteiger partial charge is 0.324 e. The third-order valence-corrected chi connectivity index (χ3v) is 4.41. The molecule has 4 heterocycles. The lowest BCUT2D eigenvalue weighted by Crippen LogP contribution is -2.12. The van der Waals surface area contributed by atoms with Crippen molar-refractivity contribution in [1.82, 2.24) is 34.1 Å². The van der Waals surface area contributed by atoms with Crippen LogP contribution in [0.15, 0.2) is 30.6 Å². The van der Waals surface area contributed by atoms with E-state index in [0.29, 0.717) is 18.1 Å². The van der Waals surface area contributed by atoms with Crippen LogP contribution in [0.2, 0.25) is 0 Å². The molecule has 0 bridgehead atoms. The molecule has 0 atom stereocenters. The van der Waals surface area contributed by atoms with Gasteiger partial charge in [-0.2, -0.15) is 8.91 Å². The van der Waals surface area contributed by atoms with E-state index in [1.807, 2.05) is 24.6 Å². The zero-order valence-electron chi connectivity index (χ0n) is 15.5. The summed E-state index contributed by atoms with van der Waals surface area (Å²) in [6.07, 6.45) is 5.37. The number of hydrogen-bond donors (Lipinski definition) is 0. The number of pyridine rings is 1. The van der Waals surface area contributed by atoms with E-state index in [1.54, 1.807) is 22.8 Å². The van der Waals surface area contributed by atoms with Gasteiger partial charge in [0.1, 0.15) is 17.3 Å². The maximum absolute atomic E-state index is 13.5. The molecule has 4 rings (SSSR count). The lowest BCUT2D eigenvalue weighted by Gasteiger charge is -2.13. The molecule has 0 radical (unpaired) electrons. The predicted molar refractivity (Wildman–Crippen MR) is 98.8 cm³/mol. The van der Waals surface area contributed by atoms with Gasteiger partial charge in [-0.25, -0.2) is 19.9 Å². The average Bonchev–Trinajstić information content (AvgIpc) is 3.25. The molecule has 0 aliphatic rings. The Kier molecular flexibility index (Phi) is 4.39. The van der Waals surface area contributed by atoms with Gasteiger partial charge in [0.2, 0.25) is 5.95 Å². The molecular weight excluding hydrogens is 345 g/mol. The van der Waals surface area contributed by atoms with Gasteiger partial charge >= 0.3 is 0 Å². The minimum absolute atomic E-state index is 0.494. The van der Waals surface area contributed by atoms with Gasteiger partial charge in [-0.1, -0.05) is 19.4 Å². The monoisotopic (exact) mass is 365 g/mol. The summed E-state index contributed by atoms with van der Waals surface area (Å²) < 4.78 is 17.3. The average molecular weight is 365 g/mol. The number of rotatable bonds is 5. The second-order valence-electron chi connectivity index (χ2n) is 6.45. The van der Waals surface area contributed by atoms with Gasteiger partial charge < -0.3 is 4.57 Å². The molecule has 27 heavy (non-hydrogen) atoms. The molecule has 0 spiro atoms. The molecule has 0 saturated heterocycles. The van der Waals surface area contributed by atoms with E-state index in [2.05, 4.69) is 27.0 Å². The molecule has 4 aromatic rings. The lowest BCUT2D eigenvalue weighted by molar-refractivity contribution is 0.584. The summed E-state index contributed by atoms with van der Waals surface area (Å²) in [5, 5.41) is 4.44. The van der Waals surface area contributed by atoms with Crippen LogP contribution in [0.3, 0.4) is 0 Å². The van der Waals surface area contributed by atoms with Gasteiger partial charge in [0.15, 0.2) is 11.5 Å². The number of aromatic nitrogens is 7. The Hall–Kier alpha value is -3.16. The minimum atomic E-state index is -0.525. The van der Waals surface area contributed by atoms with Crippen LogP contribution < -0.4 is 0 Å². The molecular formula is C19H20FN7. The highest BCUT2D eigenvalue weighted by atomic mass is 19.1. The van der Waals surface area contributed by atoms with Crippen LogP contribution in [0.1, 0.15) is 36.3 Å². The van der Waals surface area contributed by atoms with E-state index in [0.717, 1.165) is 41.4 Å². The van der Waals surface area contributed by atoms with E-state index in [-0.39, 0.29) is 0 Å². The molecule has 0 aliphatic carbocycles. The maximum atomic E-state index is 13.5. The topological polar surface area (TPSA) is 73.8 Å². The normalized spacial score (nSPS) is 11.4. The third kappa shape index (κ3) is 3.18. The standard InChI is InChI=1S/C19H20FN7/c1-4-6-14-16(23-13(3)27-18(14)22-12(2)25-27)11-26-10-9-21-19(26)15-7-5-8-17(20)24-15/h5,7-10H,4,6,11H2,1-3H3. The zero-order valence-corrected chi connectivity index (χ0v) is 15.5. The predicted octanol–water partition coefficient (Wildman–Crippen LogP) is 3.14. The van der Waals surface area contributed by atoms with Crippen LogP contribution in [-0.4, -0.2) is 34.1 Å². The van der Waals surface area contributed by atoms with Gasteiger partial charge in [-0.15, -0.1) is 5.10 Å². The molecule has 4 aromatic heterocycles. The van der Waals surface area contributed by atoms with Crippen molar-refractivity contribution in [2.45, 2.75) is 40.2 Å². The molecule has 0 fully saturated rings. The zero-order chi connectivity index (χ0) is 19.0. The Labute approximate surface area is 156 Å². The Morgan fingerprint density at radius 1 is 1.11 bits per heavy atom. The van der Waals surface area contributed by atoms with Crippen molar-refractivity contribution in [1.29, 1.82) is 0 Å². The van der Waals surface area contributed by atoms with E-state index >= 15 is 0 Å². The molecule has 0 unspecified atom stereocenters. The number of fused-ring (bicyclic) bond motifs is 1. The van der Waals surface area contributed by atoms with Crippen molar-refractivity contribution >= 4 is 5.65 Å². The number of hydrogen-bond acceptors (Lipinski definition) is 5. The van der Waals surface area contributed by atoms with E-state index in [9.17, 15) is 4.39 Å². The fraction of sp³-hybridized carbons (Fsp3) is 0.316. The first-order chi connectivity index (χ1) is 13.1. The molecule has 7 nitrogen and oxygen atoms in total. The Balaban J connectivity index is 1.81. The minimum Gasteiger partial charge on any atom is -0.324 e. The van der Waals surface area contributed by atoms with Gasteiger partial charge in [-0.05, 0) is 32.4 Å². The smallest absolute Gasteiger partial charge is 0.213 e. The second-order valence-corrected chi connectivity index (χ2v) is 6.45. The number of halogens is 1. The van der Waals surface area contributed by atoms with Crippen LogP contribution in [-0.2, 0) is 13.0 Å². The summed E-state index contributed by atoms with van der Waals surface area (Å²) >= 11 is 0. The van der Waals surface area contributed by atoms with Crippen LogP contribution in [0.4, 0.5) is 4.39 Å². The van der Waals surface area contributed by atoms with Gasteiger partial charge in [-0.3, -0.25) is 0 Å². The van der Waals surface area contributed by atoms with E-state index < -0.39 is 5.95 Å². The van der Waals surface area contributed by atoms with Crippen LogP contribution >= 0.6 is 0 Å². The first-order valence-electron chi connectivity index (χ1n) is 8.92. The number of nitrogens with zero attached hydrogens (tertiary/aromatic N) is 7. The van der Waals surface area contributed by atoms with Crippen molar-refractivity contribution < 1.29 is 4.39 Å². The van der Waals surface area contributed by atoms with Crippen molar-refractivity contribution in [3.05, 3.63) is 59.4 Å². The van der Waals surface area contributed by atoms with Crippen LogP contribution in [0.5, 0.6) is 0 Å². The van der Waals surface area contributed by atoms with Gasteiger partial charge in [0, 0.05) is 18.0 Å². The quantitative estimate of drug-likeness (QED) is 0.508. The van der Waals surface area contributed by atoms with Crippen LogP contribution in [0.25, 0.3) is 17.2 Å². The SMILES string of the molecule is CCCc1c(Cn2ccnc2-c2cccc(F)n2)nc(C)n2nc(C)nc12. The summed E-state index contributed by atoms with van der Waals surface area (Å²) in [6.45, 7) is 6.43. The summed E-state index contributed by atoms with van der Waals surface area (Å²) in [5.41, 5.74) is 3.34. The van der Waals surface area contributed by atoms with E-state index in [1.165, 1.54) is 6.07 Å². The molecule has 138 valence electrons. The van der Waals surface area contributed by atoms with Crippen LogP contribution in [0, 0.1) is 19.8 Å². The van der Waals surface area contributed by atoms with Crippen molar-refractivity contribution in [2.75, 3.05) is 0 Å². The second kappa shape index (κ2) is 6.86. The number of imidazole rings is 1. The molecule has 0 aliphatic heterocycles. The molecule has 8 heteroatoms. The fourth-order valence-electron chi connectivity index (χ4n) is 3.28. The summed E-state index contributed by atoms with van der Waals surface area (Å²) in [6, 6.07) is 4.70. The van der Waals surface area contributed by atoms with Gasteiger partial charge in [0.25, 0.3) is 0 Å². The first kappa shape index (κ1) is 17.3. The lowest BCUT2D eigenvalue weighted by atomic mass is 10.1. The Morgan fingerprint density at radius 2 is 1.96 bits per heavy atom. The highest BCUT2D eigenvalue weighted by molar-refractivity contribution is 5.52. The highest BCUT2D eigenvalue weighted by Gasteiger charge is 2.17. The van der Waals surface area contributed by atoms with Crippen molar-refractivity contribution in [3.63, 3.8) is 0 Å². The molecule has 0 saturated carbocycles. The number of aryl methyl sites for hydroxylation is 3. The van der Waals surface area contributed by atoms with E-state index in [4.69, 9.17) is 4.98 Å². The highest BCUT2D eigenvalue weighted by Crippen LogP contribution is 2.21. The summed E-state index contributed by atoms with van der Waals surface area (Å²) in [4.78, 5) is 17.7. The third-order valence-electron chi connectivity index (χ3n) is 4.41. The molecule has 0 aromatic carbocycles. The molecule has 0 amide bonds. The fourth-order valence-corrected chi connectivity index (χ4v) is 3.28. The Bertz CT molecular complexity index is 1110. The first-order valence-corrected chi connectivity index (χ1v) is 8.92. The summed E-state index contributed by atoms with van der Waals surface area (Å²) in [7, 11) is 0. The van der Waals surface area contributed by atoms with Gasteiger partial charge in [0.05, 0.1) is 12.2 Å². The summed E-state index contributed by atoms with van der Waals surface area (Å²) in [5.74, 6) is 1.59. The molecule has 0 N–H and O–H groups in total. The van der Waals surface area contributed by atoms with Crippen molar-refractivity contribution in [2.24, 2.45) is 0 Å². The van der Waals surface area contributed by atoms with Crippen molar-refractivity contribution in [3.8, 4) is 11.5 Å². The Morgan fingerprint density at radius 3 is 2.74 bits per heavy atom.